The quantitative estimate of drug-likeness (QED) is 0.397. The standard InChI is InChI=1S/C30H44N4O6/c1-4-6-13-32(14-7-5-2)27(36)20-34-19-23(21-8-9-25-22(18-21)12-17-40-25)28(29(37)38)24(34)10-15-33-16-11-26(35)31(3)30(33)39/h8-9,18,23-24,28H,4-7,10-17,19-20H2,1-3H3,(H,37,38). The Morgan fingerprint density at radius 3 is 2.50 bits per heavy atom. The van der Waals surface area contributed by atoms with Gasteiger partial charge in [0.15, 0.2) is 0 Å². The van der Waals surface area contributed by atoms with Crippen molar-refractivity contribution in [2.24, 2.45) is 5.92 Å². The summed E-state index contributed by atoms with van der Waals surface area (Å²) in [5, 5.41) is 10.5. The van der Waals surface area contributed by atoms with Gasteiger partial charge in [-0.1, -0.05) is 38.8 Å². The smallest absolute Gasteiger partial charge is 0.326 e. The molecule has 3 atom stereocenters. The van der Waals surface area contributed by atoms with Gasteiger partial charge in [-0.05, 0) is 36.5 Å². The fourth-order valence-corrected chi connectivity index (χ4v) is 6.27. The van der Waals surface area contributed by atoms with Crippen LogP contribution in [-0.4, -0.2) is 107 Å². The minimum Gasteiger partial charge on any atom is -0.493 e. The molecule has 1 N–H and O–H groups in total. The number of carboxylic acids is 1. The Bertz CT molecular complexity index is 1090. The molecule has 0 saturated carbocycles. The first-order valence-corrected chi connectivity index (χ1v) is 14.8. The maximum absolute atomic E-state index is 13.6. The molecular formula is C30H44N4O6. The van der Waals surface area contributed by atoms with Crippen molar-refractivity contribution >= 4 is 23.8 Å². The van der Waals surface area contributed by atoms with Crippen LogP contribution in [0.1, 0.15) is 69.4 Å². The second-order valence-corrected chi connectivity index (χ2v) is 11.3. The predicted molar refractivity (Wildman–Crippen MR) is 150 cm³/mol. The number of aliphatic carboxylic acids is 1. The molecule has 3 aliphatic heterocycles. The zero-order valence-electron chi connectivity index (χ0n) is 24.1. The number of carbonyl (C=O) groups is 4. The first kappa shape index (κ1) is 29.8. The number of benzene rings is 1. The molecule has 220 valence electrons. The molecule has 2 saturated heterocycles. The molecule has 1 aromatic rings. The lowest BCUT2D eigenvalue weighted by Gasteiger charge is -2.34. The van der Waals surface area contributed by atoms with Crippen molar-refractivity contribution in [1.82, 2.24) is 19.6 Å². The van der Waals surface area contributed by atoms with Gasteiger partial charge in [0.1, 0.15) is 5.75 Å². The average molecular weight is 557 g/mol. The van der Waals surface area contributed by atoms with Crippen molar-refractivity contribution in [2.45, 2.75) is 70.8 Å². The molecule has 0 spiro atoms. The molecule has 0 radical (unpaired) electrons. The van der Waals surface area contributed by atoms with Gasteiger partial charge < -0.3 is 19.6 Å². The van der Waals surface area contributed by atoms with Gasteiger partial charge in [0.05, 0.1) is 19.1 Å². The first-order valence-electron chi connectivity index (χ1n) is 14.8. The van der Waals surface area contributed by atoms with E-state index in [1.54, 1.807) is 4.90 Å². The van der Waals surface area contributed by atoms with Gasteiger partial charge in [0.2, 0.25) is 11.8 Å². The van der Waals surface area contributed by atoms with Gasteiger partial charge in [-0.2, -0.15) is 0 Å². The molecule has 3 aliphatic rings. The summed E-state index contributed by atoms with van der Waals surface area (Å²) < 4.78 is 5.67. The molecular weight excluding hydrogens is 512 g/mol. The zero-order valence-corrected chi connectivity index (χ0v) is 24.1. The molecule has 4 rings (SSSR count). The van der Waals surface area contributed by atoms with Crippen LogP contribution >= 0.6 is 0 Å². The van der Waals surface area contributed by atoms with E-state index in [4.69, 9.17) is 4.74 Å². The number of imide groups is 1. The van der Waals surface area contributed by atoms with E-state index in [0.717, 1.165) is 53.9 Å². The Morgan fingerprint density at radius 1 is 1.10 bits per heavy atom. The number of hydrogen-bond acceptors (Lipinski definition) is 6. The van der Waals surface area contributed by atoms with Crippen LogP contribution in [0.3, 0.4) is 0 Å². The monoisotopic (exact) mass is 556 g/mol. The molecule has 10 nitrogen and oxygen atoms in total. The van der Waals surface area contributed by atoms with Crippen LogP contribution in [-0.2, 0) is 20.8 Å². The summed E-state index contributed by atoms with van der Waals surface area (Å²) in [4.78, 5) is 57.8. The fraction of sp³-hybridized carbons (Fsp3) is 0.667. The third-order valence-corrected chi connectivity index (χ3v) is 8.65. The van der Waals surface area contributed by atoms with Crippen LogP contribution in [0.15, 0.2) is 18.2 Å². The SMILES string of the molecule is CCCCN(CCCC)C(=O)CN1CC(c2ccc3c(c2)CCO3)C(C(=O)O)C1CCN1CCC(=O)N(C)C1=O. The Hall–Kier alpha value is -3.14. The van der Waals surface area contributed by atoms with E-state index in [-0.39, 0.29) is 36.7 Å². The highest BCUT2D eigenvalue weighted by molar-refractivity contribution is 5.96. The van der Waals surface area contributed by atoms with Crippen molar-refractivity contribution in [3.63, 3.8) is 0 Å². The second kappa shape index (κ2) is 13.5. The van der Waals surface area contributed by atoms with Crippen molar-refractivity contribution in [2.75, 3.05) is 52.9 Å². The zero-order chi connectivity index (χ0) is 28.8. The van der Waals surface area contributed by atoms with Gasteiger partial charge in [0, 0.05) is 64.6 Å². The number of rotatable bonds is 13. The molecule has 40 heavy (non-hydrogen) atoms. The number of fused-ring (bicyclic) bond motifs is 1. The van der Waals surface area contributed by atoms with E-state index in [1.807, 2.05) is 21.9 Å². The molecule has 3 heterocycles. The number of likely N-dealkylation sites (tertiary alicyclic amines) is 1. The molecule has 10 heteroatoms. The van der Waals surface area contributed by atoms with E-state index in [2.05, 4.69) is 19.9 Å². The number of urea groups is 1. The van der Waals surface area contributed by atoms with Gasteiger partial charge in [-0.3, -0.25) is 24.2 Å². The number of carbonyl (C=O) groups excluding carboxylic acids is 3. The highest BCUT2D eigenvalue weighted by atomic mass is 16.5. The fourth-order valence-electron chi connectivity index (χ4n) is 6.27. The minimum absolute atomic E-state index is 0.0263. The summed E-state index contributed by atoms with van der Waals surface area (Å²) in [6.45, 7) is 7.50. The summed E-state index contributed by atoms with van der Waals surface area (Å²) in [5.74, 6) is -1.25. The van der Waals surface area contributed by atoms with E-state index >= 15 is 0 Å². The molecule has 4 amide bonds. The summed E-state index contributed by atoms with van der Waals surface area (Å²) in [7, 11) is 1.48. The first-order chi connectivity index (χ1) is 19.2. The Labute approximate surface area is 237 Å². The minimum atomic E-state index is -0.896. The van der Waals surface area contributed by atoms with E-state index in [0.29, 0.717) is 45.8 Å². The number of hydrogen-bond donors (Lipinski definition) is 1. The van der Waals surface area contributed by atoms with E-state index < -0.39 is 17.9 Å². The molecule has 1 aromatic carbocycles. The summed E-state index contributed by atoms with van der Waals surface area (Å²) in [5.41, 5.74) is 2.04. The summed E-state index contributed by atoms with van der Waals surface area (Å²) in [6.07, 6.45) is 5.31. The largest absolute Gasteiger partial charge is 0.493 e. The Morgan fingerprint density at radius 2 is 1.82 bits per heavy atom. The predicted octanol–water partition coefficient (Wildman–Crippen LogP) is 3.19. The summed E-state index contributed by atoms with van der Waals surface area (Å²) in [6, 6.07) is 5.16. The van der Waals surface area contributed by atoms with Crippen LogP contribution in [0.4, 0.5) is 4.79 Å². The number of ether oxygens (including phenoxy) is 1. The lowest BCUT2D eigenvalue weighted by atomic mass is 9.83. The van der Waals surface area contributed by atoms with E-state index in [9.17, 15) is 24.3 Å². The summed E-state index contributed by atoms with van der Waals surface area (Å²) >= 11 is 0. The van der Waals surface area contributed by atoms with Crippen LogP contribution in [0.5, 0.6) is 5.75 Å². The normalized spacial score (nSPS) is 22.9. The van der Waals surface area contributed by atoms with Gasteiger partial charge in [0.25, 0.3) is 0 Å². The topological polar surface area (TPSA) is 111 Å². The number of unbranched alkanes of at least 4 members (excludes halogenated alkanes) is 2. The highest BCUT2D eigenvalue weighted by Gasteiger charge is 2.47. The lowest BCUT2D eigenvalue weighted by Crippen LogP contribution is -2.52. The maximum atomic E-state index is 13.6. The van der Waals surface area contributed by atoms with Gasteiger partial charge >= 0.3 is 12.0 Å². The molecule has 3 unspecified atom stereocenters. The van der Waals surface area contributed by atoms with Crippen LogP contribution in [0.2, 0.25) is 0 Å². The van der Waals surface area contributed by atoms with Gasteiger partial charge in [-0.15, -0.1) is 0 Å². The average Bonchev–Trinajstić information content (AvgIpc) is 3.55. The maximum Gasteiger partial charge on any atom is 0.326 e. The van der Waals surface area contributed by atoms with Crippen molar-refractivity contribution in [3.05, 3.63) is 29.3 Å². The number of amides is 4. The Balaban J connectivity index is 1.58. The third kappa shape index (κ3) is 6.59. The molecule has 0 bridgehead atoms. The number of nitrogens with zero attached hydrogens (tertiary/aromatic N) is 4. The van der Waals surface area contributed by atoms with Crippen LogP contribution in [0, 0.1) is 5.92 Å². The second-order valence-electron chi connectivity index (χ2n) is 11.3. The van der Waals surface area contributed by atoms with Crippen molar-refractivity contribution < 1.29 is 29.0 Å². The molecule has 0 aromatic heterocycles. The molecule has 2 fully saturated rings. The van der Waals surface area contributed by atoms with Crippen LogP contribution in [0.25, 0.3) is 0 Å². The Kier molecular flexibility index (Phi) is 10.1. The van der Waals surface area contributed by atoms with E-state index in [1.165, 1.54) is 7.05 Å². The van der Waals surface area contributed by atoms with Crippen LogP contribution < -0.4 is 4.74 Å². The van der Waals surface area contributed by atoms with Gasteiger partial charge in [-0.25, -0.2) is 4.79 Å². The van der Waals surface area contributed by atoms with Crippen molar-refractivity contribution in [1.29, 1.82) is 0 Å². The van der Waals surface area contributed by atoms with Crippen molar-refractivity contribution in [3.8, 4) is 5.75 Å². The number of carboxylic acid groups (broad SMARTS) is 1. The lowest BCUT2D eigenvalue weighted by molar-refractivity contribution is -0.144. The third-order valence-electron chi connectivity index (χ3n) is 8.65. The highest BCUT2D eigenvalue weighted by Crippen LogP contribution is 2.41. The molecule has 0 aliphatic carbocycles.